The summed E-state index contributed by atoms with van der Waals surface area (Å²) in [5.74, 6) is -0.866. The maximum absolute atomic E-state index is 13.4. The molecule has 1 rings (SSSR count). The zero-order chi connectivity index (χ0) is 13.9. The van der Waals surface area contributed by atoms with Crippen molar-refractivity contribution in [3.8, 4) is 0 Å². The Kier molecular flexibility index (Phi) is 4.46. The molecule has 0 aliphatic carbocycles. The van der Waals surface area contributed by atoms with E-state index >= 15 is 0 Å². The van der Waals surface area contributed by atoms with Gasteiger partial charge in [-0.2, -0.15) is 0 Å². The van der Waals surface area contributed by atoms with Crippen LogP contribution < -0.4 is 5.32 Å². The third-order valence-electron chi connectivity index (χ3n) is 3.13. The first-order chi connectivity index (χ1) is 8.25. The van der Waals surface area contributed by atoms with Crippen LogP contribution in [0, 0.1) is 11.2 Å². The van der Waals surface area contributed by atoms with Gasteiger partial charge in [0.25, 0.3) is 5.91 Å². The van der Waals surface area contributed by atoms with E-state index in [0.29, 0.717) is 0 Å². The molecule has 4 heteroatoms. The minimum atomic E-state index is -0.562. The molecule has 0 heterocycles. The molecule has 0 aromatic heterocycles. The maximum atomic E-state index is 13.4. The lowest BCUT2D eigenvalue weighted by Gasteiger charge is -2.28. The van der Waals surface area contributed by atoms with Crippen LogP contribution in [0.25, 0.3) is 0 Å². The molecule has 18 heavy (non-hydrogen) atoms. The van der Waals surface area contributed by atoms with Gasteiger partial charge in [-0.3, -0.25) is 4.79 Å². The van der Waals surface area contributed by atoms with E-state index in [2.05, 4.69) is 5.32 Å². The Bertz CT molecular complexity index is 438. The van der Waals surface area contributed by atoms with Crippen LogP contribution in [0.2, 0.25) is 0 Å². The van der Waals surface area contributed by atoms with E-state index in [1.54, 1.807) is 0 Å². The topological polar surface area (TPSA) is 49.3 Å². The zero-order valence-corrected chi connectivity index (χ0v) is 11.2. The fourth-order valence-corrected chi connectivity index (χ4v) is 1.31. The quantitative estimate of drug-likeness (QED) is 0.869. The average molecular weight is 253 g/mol. The summed E-state index contributed by atoms with van der Waals surface area (Å²) in [6.07, 6.45) is 0. The number of aliphatic hydroxyl groups excluding tert-OH is 1. The van der Waals surface area contributed by atoms with E-state index < -0.39 is 5.82 Å². The Labute approximate surface area is 107 Å². The van der Waals surface area contributed by atoms with E-state index in [1.807, 2.05) is 27.7 Å². The number of benzene rings is 1. The Hall–Kier alpha value is -1.42. The largest absolute Gasteiger partial charge is 0.392 e. The lowest BCUT2D eigenvalue weighted by atomic mass is 9.88. The number of hydrogen-bond acceptors (Lipinski definition) is 2. The highest BCUT2D eigenvalue weighted by atomic mass is 19.1. The van der Waals surface area contributed by atoms with Crippen molar-refractivity contribution < 1.29 is 14.3 Å². The third kappa shape index (κ3) is 3.53. The Balaban J connectivity index is 2.82. The highest BCUT2D eigenvalue weighted by molar-refractivity contribution is 5.94. The Morgan fingerprint density at radius 3 is 2.50 bits per heavy atom. The van der Waals surface area contributed by atoms with E-state index in [1.165, 1.54) is 12.1 Å². The smallest absolute Gasteiger partial charge is 0.251 e. The molecular formula is C14H20FNO2. The van der Waals surface area contributed by atoms with Gasteiger partial charge in [-0.05, 0) is 24.5 Å². The maximum Gasteiger partial charge on any atom is 0.251 e. The van der Waals surface area contributed by atoms with Crippen molar-refractivity contribution in [2.45, 2.75) is 40.3 Å². The van der Waals surface area contributed by atoms with Gasteiger partial charge in [0.2, 0.25) is 0 Å². The number of amides is 1. The lowest BCUT2D eigenvalue weighted by Crippen LogP contribution is -2.41. The summed E-state index contributed by atoms with van der Waals surface area (Å²) < 4.78 is 13.4. The van der Waals surface area contributed by atoms with Crippen molar-refractivity contribution in [2.24, 2.45) is 5.41 Å². The molecule has 0 radical (unpaired) electrons. The molecule has 100 valence electrons. The van der Waals surface area contributed by atoms with Crippen molar-refractivity contribution in [2.75, 3.05) is 0 Å². The molecule has 0 saturated heterocycles. The van der Waals surface area contributed by atoms with Crippen molar-refractivity contribution in [3.05, 3.63) is 35.1 Å². The summed E-state index contributed by atoms with van der Waals surface area (Å²) in [6.45, 7) is 7.61. The predicted octanol–water partition coefficient (Wildman–Crippen LogP) is 2.48. The predicted molar refractivity (Wildman–Crippen MR) is 68.7 cm³/mol. The van der Waals surface area contributed by atoms with Gasteiger partial charge >= 0.3 is 0 Å². The molecule has 1 amide bonds. The molecule has 1 atom stereocenters. The van der Waals surface area contributed by atoms with Crippen LogP contribution in [0.4, 0.5) is 4.39 Å². The highest BCUT2D eigenvalue weighted by Gasteiger charge is 2.22. The van der Waals surface area contributed by atoms with Gasteiger partial charge in [0.1, 0.15) is 5.82 Å². The number of rotatable bonds is 3. The van der Waals surface area contributed by atoms with Crippen molar-refractivity contribution in [3.63, 3.8) is 0 Å². The SMILES string of the molecule is C[C@H](NC(=O)c1ccc(CO)c(F)c1)C(C)(C)C. The van der Waals surface area contributed by atoms with Crippen LogP contribution >= 0.6 is 0 Å². The first-order valence-electron chi connectivity index (χ1n) is 5.96. The molecule has 0 aliphatic rings. The zero-order valence-electron chi connectivity index (χ0n) is 11.2. The molecule has 0 aliphatic heterocycles. The molecule has 2 N–H and O–H groups in total. The summed E-state index contributed by atoms with van der Waals surface area (Å²) in [5, 5.41) is 11.7. The molecule has 1 aromatic carbocycles. The third-order valence-corrected chi connectivity index (χ3v) is 3.13. The standard InChI is InChI=1S/C14H20FNO2/c1-9(14(2,3)4)16-13(18)10-5-6-11(8-17)12(15)7-10/h5-7,9,17H,8H2,1-4H3,(H,16,18)/t9-/m0/s1. The van der Waals surface area contributed by atoms with Crippen LogP contribution in [0.5, 0.6) is 0 Å². The van der Waals surface area contributed by atoms with Gasteiger partial charge in [-0.25, -0.2) is 4.39 Å². The van der Waals surface area contributed by atoms with Crippen molar-refractivity contribution in [1.29, 1.82) is 0 Å². The second-order valence-corrected chi connectivity index (χ2v) is 5.53. The van der Waals surface area contributed by atoms with Gasteiger partial charge < -0.3 is 10.4 Å². The minimum absolute atomic E-state index is 0.0226. The summed E-state index contributed by atoms with van der Waals surface area (Å²) in [6, 6.07) is 4.06. The number of nitrogens with one attached hydrogen (secondary N) is 1. The lowest BCUT2D eigenvalue weighted by molar-refractivity contribution is 0.0909. The van der Waals surface area contributed by atoms with Crippen molar-refractivity contribution >= 4 is 5.91 Å². The number of halogens is 1. The van der Waals surface area contributed by atoms with Gasteiger partial charge in [-0.15, -0.1) is 0 Å². The molecular weight excluding hydrogens is 233 g/mol. The fourth-order valence-electron chi connectivity index (χ4n) is 1.31. The summed E-state index contributed by atoms with van der Waals surface area (Å²) in [4.78, 5) is 11.9. The van der Waals surface area contributed by atoms with Gasteiger partial charge in [0.05, 0.1) is 6.61 Å². The average Bonchev–Trinajstić information content (AvgIpc) is 2.27. The fraction of sp³-hybridized carbons (Fsp3) is 0.500. The van der Waals surface area contributed by atoms with Gasteiger partial charge in [0, 0.05) is 17.2 Å². The second-order valence-electron chi connectivity index (χ2n) is 5.53. The van der Waals surface area contributed by atoms with Crippen molar-refractivity contribution in [1.82, 2.24) is 5.32 Å². The monoisotopic (exact) mass is 253 g/mol. The first kappa shape index (κ1) is 14.6. The number of carbonyl (C=O) groups excluding carboxylic acids is 1. The molecule has 0 spiro atoms. The van der Waals surface area contributed by atoms with Gasteiger partial charge in [-0.1, -0.05) is 26.8 Å². The number of carbonyl (C=O) groups is 1. The molecule has 0 fully saturated rings. The normalized spacial score (nSPS) is 13.2. The van der Waals surface area contributed by atoms with Crippen LogP contribution in [0.3, 0.4) is 0 Å². The second kappa shape index (κ2) is 5.48. The minimum Gasteiger partial charge on any atom is -0.392 e. The molecule has 0 unspecified atom stereocenters. The summed E-state index contributed by atoms with van der Waals surface area (Å²) in [5.41, 5.74) is 0.399. The summed E-state index contributed by atoms with van der Waals surface area (Å²) in [7, 11) is 0. The highest BCUT2D eigenvalue weighted by Crippen LogP contribution is 2.19. The molecule has 0 bridgehead atoms. The molecule has 3 nitrogen and oxygen atoms in total. The van der Waals surface area contributed by atoms with Crippen LogP contribution in [-0.4, -0.2) is 17.1 Å². The van der Waals surface area contributed by atoms with E-state index in [-0.39, 0.29) is 35.1 Å². The van der Waals surface area contributed by atoms with Crippen LogP contribution in [0.15, 0.2) is 18.2 Å². The number of hydrogen-bond donors (Lipinski definition) is 2. The van der Waals surface area contributed by atoms with Gasteiger partial charge in [0.15, 0.2) is 0 Å². The molecule has 1 aromatic rings. The van der Waals surface area contributed by atoms with E-state index in [9.17, 15) is 9.18 Å². The number of aliphatic hydroxyl groups is 1. The van der Waals surface area contributed by atoms with E-state index in [0.717, 1.165) is 6.07 Å². The first-order valence-corrected chi connectivity index (χ1v) is 5.96. The summed E-state index contributed by atoms with van der Waals surface area (Å²) >= 11 is 0. The Morgan fingerprint density at radius 1 is 1.44 bits per heavy atom. The Morgan fingerprint density at radius 2 is 2.06 bits per heavy atom. The van der Waals surface area contributed by atoms with Crippen LogP contribution in [0.1, 0.15) is 43.6 Å². The van der Waals surface area contributed by atoms with E-state index in [4.69, 9.17) is 5.11 Å². The van der Waals surface area contributed by atoms with Crippen LogP contribution in [-0.2, 0) is 6.61 Å². The molecule has 0 saturated carbocycles.